The lowest BCUT2D eigenvalue weighted by Crippen LogP contribution is -2.01. The Bertz CT molecular complexity index is 476. The van der Waals surface area contributed by atoms with E-state index in [4.69, 9.17) is 5.73 Å². The average Bonchev–Trinajstić information content (AvgIpc) is 2.66. The Morgan fingerprint density at radius 1 is 1.40 bits per heavy atom. The van der Waals surface area contributed by atoms with Gasteiger partial charge in [-0.2, -0.15) is 5.10 Å². The molecule has 1 aromatic heterocycles. The van der Waals surface area contributed by atoms with Crippen LogP contribution < -0.4 is 5.73 Å². The monoisotopic (exact) mass is 205 g/mol. The predicted molar refractivity (Wildman–Crippen MR) is 57.3 cm³/mol. The highest BCUT2D eigenvalue weighted by atomic mass is 19.1. The van der Waals surface area contributed by atoms with Crippen LogP contribution in [0.5, 0.6) is 0 Å². The van der Waals surface area contributed by atoms with Gasteiger partial charge in [-0.3, -0.25) is 0 Å². The summed E-state index contributed by atoms with van der Waals surface area (Å²) in [5.41, 5.74) is 7.78. The zero-order valence-electron chi connectivity index (χ0n) is 8.44. The molecule has 78 valence electrons. The van der Waals surface area contributed by atoms with Gasteiger partial charge in [-0.15, -0.1) is 0 Å². The van der Waals surface area contributed by atoms with Gasteiger partial charge < -0.3 is 5.73 Å². The fourth-order valence-corrected chi connectivity index (χ4v) is 1.42. The molecule has 1 aromatic carbocycles. The third-order valence-electron chi connectivity index (χ3n) is 2.24. The number of aryl methyl sites for hydroxylation is 1. The Morgan fingerprint density at radius 3 is 2.80 bits per heavy atom. The van der Waals surface area contributed by atoms with Crippen LogP contribution in [0, 0.1) is 5.82 Å². The second-order valence-corrected chi connectivity index (χ2v) is 3.31. The van der Waals surface area contributed by atoms with E-state index >= 15 is 0 Å². The molecule has 0 bridgehead atoms. The summed E-state index contributed by atoms with van der Waals surface area (Å²) in [4.78, 5) is 0. The summed E-state index contributed by atoms with van der Waals surface area (Å²) in [6.07, 6.45) is 2.69. The molecule has 0 spiro atoms. The van der Waals surface area contributed by atoms with E-state index in [1.807, 2.05) is 19.2 Å². The van der Waals surface area contributed by atoms with Crippen molar-refractivity contribution < 1.29 is 4.39 Å². The first-order valence-corrected chi connectivity index (χ1v) is 4.80. The predicted octanol–water partition coefficient (Wildman–Crippen LogP) is 2.16. The Kier molecular flexibility index (Phi) is 2.41. The Labute approximate surface area is 87.3 Å². The smallest absolute Gasteiger partial charge is 0.125 e. The number of nitrogens with zero attached hydrogens (tertiary/aromatic N) is 2. The number of hydrogen-bond donors (Lipinski definition) is 1. The number of benzene rings is 1. The average molecular weight is 205 g/mol. The summed E-state index contributed by atoms with van der Waals surface area (Å²) in [6, 6.07) is 6.21. The second-order valence-electron chi connectivity index (χ2n) is 3.31. The summed E-state index contributed by atoms with van der Waals surface area (Å²) in [5, 5.41) is 4.30. The lowest BCUT2D eigenvalue weighted by molar-refractivity contribution is 0.627. The van der Waals surface area contributed by atoms with E-state index < -0.39 is 0 Å². The first-order valence-electron chi connectivity index (χ1n) is 4.80. The van der Waals surface area contributed by atoms with E-state index in [9.17, 15) is 4.39 Å². The molecule has 15 heavy (non-hydrogen) atoms. The van der Waals surface area contributed by atoms with Gasteiger partial charge in [0.2, 0.25) is 0 Å². The fourth-order valence-electron chi connectivity index (χ4n) is 1.42. The van der Waals surface area contributed by atoms with Gasteiger partial charge >= 0.3 is 0 Å². The molecule has 0 aliphatic rings. The van der Waals surface area contributed by atoms with Crippen LogP contribution in [0.15, 0.2) is 30.5 Å². The standard InChI is InChI=1S/C11H12FN3/c1-2-9-5-6-15(14-9)11-4-3-8(12)7-10(11)13/h3-7H,2,13H2,1H3. The van der Waals surface area contributed by atoms with Crippen molar-refractivity contribution in [1.29, 1.82) is 0 Å². The van der Waals surface area contributed by atoms with Crippen LogP contribution in [0.1, 0.15) is 12.6 Å². The number of halogens is 1. The summed E-state index contributed by atoms with van der Waals surface area (Å²) >= 11 is 0. The minimum Gasteiger partial charge on any atom is -0.397 e. The van der Waals surface area contributed by atoms with Crippen LogP contribution in [-0.4, -0.2) is 9.78 Å². The van der Waals surface area contributed by atoms with Crippen molar-refractivity contribution in [1.82, 2.24) is 9.78 Å². The zero-order chi connectivity index (χ0) is 10.8. The molecule has 0 aliphatic carbocycles. The molecule has 1 heterocycles. The molecule has 2 aromatic rings. The molecule has 0 saturated carbocycles. The van der Waals surface area contributed by atoms with Crippen LogP contribution >= 0.6 is 0 Å². The normalized spacial score (nSPS) is 10.5. The molecule has 2 N–H and O–H groups in total. The lowest BCUT2D eigenvalue weighted by Gasteiger charge is -2.04. The quantitative estimate of drug-likeness (QED) is 0.763. The first kappa shape index (κ1) is 9.71. The first-order chi connectivity index (χ1) is 7.20. The molecule has 2 rings (SSSR count). The van der Waals surface area contributed by atoms with Crippen molar-refractivity contribution in [3.8, 4) is 5.69 Å². The second kappa shape index (κ2) is 3.73. The van der Waals surface area contributed by atoms with Crippen LogP contribution in [0.4, 0.5) is 10.1 Å². The Balaban J connectivity index is 2.44. The third-order valence-corrected chi connectivity index (χ3v) is 2.24. The summed E-state index contributed by atoms with van der Waals surface area (Å²) in [7, 11) is 0. The zero-order valence-corrected chi connectivity index (χ0v) is 8.44. The minimum atomic E-state index is -0.334. The maximum atomic E-state index is 12.8. The van der Waals surface area contributed by atoms with E-state index in [2.05, 4.69) is 5.10 Å². The van der Waals surface area contributed by atoms with Gasteiger partial charge in [0.05, 0.1) is 17.1 Å². The van der Waals surface area contributed by atoms with Crippen molar-refractivity contribution >= 4 is 5.69 Å². The highest BCUT2D eigenvalue weighted by Crippen LogP contribution is 2.17. The van der Waals surface area contributed by atoms with Gasteiger partial charge in [0.25, 0.3) is 0 Å². The minimum absolute atomic E-state index is 0.334. The van der Waals surface area contributed by atoms with Crippen LogP contribution in [0.25, 0.3) is 5.69 Å². The topological polar surface area (TPSA) is 43.8 Å². The molecule has 4 heteroatoms. The largest absolute Gasteiger partial charge is 0.397 e. The van der Waals surface area contributed by atoms with Crippen molar-refractivity contribution in [3.63, 3.8) is 0 Å². The van der Waals surface area contributed by atoms with Crippen molar-refractivity contribution in [2.24, 2.45) is 0 Å². The summed E-state index contributed by atoms with van der Waals surface area (Å²) in [5.74, 6) is -0.334. The fraction of sp³-hybridized carbons (Fsp3) is 0.182. The number of nitrogens with two attached hydrogens (primary N) is 1. The Hall–Kier alpha value is -1.84. The molecule has 0 amide bonds. The van der Waals surface area contributed by atoms with E-state index in [1.165, 1.54) is 12.1 Å². The molecule has 0 radical (unpaired) electrons. The SMILES string of the molecule is CCc1ccn(-c2ccc(F)cc2N)n1. The molecular formula is C11H12FN3. The number of hydrogen-bond acceptors (Lipinski definition) is 2. The van der Waals surface area contributed by atoms with E-state index in [-0.39, 0.29) is 5.82 Å². The molecular weight excluding hydrogens is 193 g/mol. The van der Waals surface area contributed by atoms with E-state index in [0.29, 0.717) is 11.4 Å². The number of aromatic nitrogens is 2. The van der Waals surface area contributed by atoms with E-state index in [0.717, 1.165) is 12.1 Å². The van der Waals surface area contributed by atoms with Crippen LogP contribution in [0.2, 0.25) is 0 Å². The summed E-state index contributed by atoms with van der Waals surface area (Å²) < 4.78 is 14.5. The van der Waals surface area contributed by atoms with Crippen molar-refractivity contribution in [2.75, 3.05) is 5.73 Å². The number of nitrogen functional groups attached to an aromatic ring is 1. The number of rotatable bonds is 2. The highest BCUT2D eigenvalue weighted by molar-refractivity contribution is 5.57. The van der Waals surface area contributed by atoms with Gasteiger partial charge in [-0.1, -0.05) is 6.92 Å². The number of anilines is 1. The van der Waals surface area contributed by atoms with E-state index in [1.54, 1.807) is 10.7 Å². The van der Waals surface area contributed by atoms with Gasteiger partial charge in [-0.05, 0) is 30.7 Å². The van der Waals surface area contributed by atoms with Crippen LogP contribution in [-0.2, 0) is 6.42 Å². The van der Waals surface area contributed by atoms with Gasteiger partial charge in [0.1, 0.15) is 5.82 Å². The maximum Gasteiger partial charge on any atom is 0.125 e. The molecule has 0 unspecified atom stereocenters. The third kappa shape index (κ3) is 1.83. The van der Waals surface area contributed by atoms with Gasteiger partial charge in [-0.25, -0.2) is 9.07 Å². The molecule has 3 nitrogen and oxygen atoms in total. The van der Waals surface area contributed by atoms with Crippen LogP contribution in [0.3, 0.4) is 0 Å². The molecule has 0 saturated heterocycles. The highest BCUT2D eigenvalue weighted by Gasteiger charge is 2.04. The maximum absolute atomic E-state index is 12.8. The Morgan fingerprint density at radius 2 is 2.20 bits per heavy atom. The van der Waals surface area contributed by atoms with Gasteiger partial charge in [0.15, 0.2) is 0 Å². The summed E-state index contributed by atoms with van der Waals surface area (Å²) in [6.45, 7) is 2.03. The lowest BCUT2D eigenvalue weighted by atomic mass is 10.2. The van der Waals surface area contributed by atoms with Gasteiger partial charge in [0, 0.05) is 6.20 Å². The molecule has 0 aliphatic heterocycles. The molecule has 0 atom stereocenters. The van der Waals surface area contributed by atoms with Crippen molar-refractivity contribution in [2.45, 2.75) is 13.3 Å². The molecule has 0 fully saturated rings. The van der Waals surface area contributed by atoms with Crippen molar-refractivity contribution in [3.05, 3.63) is 42.0 Å².